The number of fused-ring (bicyclic) bond motifs is 2. The summed E-state index contributed by atoms with van der Waals surface area (Å²) in [6, 6.07) is 32.2. The van der Waals surface area contributed by atoms with Gasteiger partial charge in [0, 0.05) is 34.3 Å². The molecule has 2 aromatic heterocycles. The van der Waals surface area contributed by atoms with Crippen molar-refractivity contribution in [3.8, 4) is 34.3 Å². The second-order valence-electron chi connectivity index (χ2n) is 8.63. The molecule has 0 saturated heterocycles. The van der Waals surface area contributed by atoms with Crippen LogP contribution in [0.5, 0.6) is 11.5 Å². The molecule has 0 aliphatic heterocycles. The van der Waals surface area contributed by atoms with Gasteiger partial charge in [-0.1, -0.05) is 48.5 Å². The van der Waals surface area contributed by atoms with Crippen molar-refractivity contribution in [2.45, 2.75) is 0 Å². The number of nitrogens with zero attached hydrogens (tertiary/aromatic N) is 2. The molecule has 0 unspecified atom stereocenters. The van der Waals surface area contributed by atoms with Gasteiger partial charge in [-0.15, -0.1) is 0 Å². The number of para-hydroxylation sites is 2. The van der Waals surface area contributed by atoms with E-state index in [-0.39, 0.29) is 0 Å². The molecular formula is C30H26N4O2. The highest BCUT2D eigenvalue weighted by Crippen LogP contribution is 2.45. The Labute approximate surface area is 208 Å². The van der Waals surface area contributed by atoms with Crippen molar-refractivity contribution in [3.05, 3.63) is 97.1 Å². The lowest BCUT2D eigenvalue weighted by molar-refractivity contribution is 0.414. The monoisotopic (exact) mass is 474 g/mol. The maximum Gasteiger partial charge on any atom is 0.120 e. The Kier molecular flexibility index (Phi) is 5.08. The van der Waals surface area contributed by atoms with E-state index in [0.29, 0.717) is 11.4 Å². The molecule has 0 atom stereocenters. The standard InChI is InChI=1S/C30H26N4O2/c1-35-21-11-7-9-19(17-21)33-25-15-5-3-13-23(25)27(31)29(33)30-28(32)24-14-4-6-16-26(24)34(30)20-10-8-12-22(18-20)36-2/h3-18H,31-32H2,1-2H3. The molecule has 0 spiro atoms. The Balaban J connectivity index is 1.78. The minimum absolute atomic E-state index is 0.659. The molecule has 6 aromatic rings. The average molecular weight is 475 g/mol. The first-order chi connectivity index (χ1) is 17.6. The zero-order valence-corrected chi connectivity index (χ0v) is 20.1. The van der Waals surface area contributed by atoms with E-state index in [4.69, 9.17) is 20.9 Å². The zero-order chi connectivity index (χ0) is 24.8. The molecule has 0 aliphatic carbocycles. The Hall–Kier alpha value is -4.84. The summed E-state index contributed by atoms with van der Waals surface area (Å²) < 4.78 is 15.4. The van der Waals surface area contributed by atoms with Crippen LogP contribution >= 0.6 is 0 Å². The van der Waals surface area contributed by atoms with Crippen LogP contribution in [0.2, 0.25) is 0 Å². The lowest BCUT2D eigenvalue weighted by atomic mass is 10.1. The smallest absolute Gasteiger partial charge is 0.120 e. The first-order valence-corrected chi connectivity index (χ1v) is 11.7. The highest BCUT2D eigenvalue weighted by Gasteiger charge is 2.26. The fourth-order valence-electron chi connectivity index (χ4n) is 5.03. The largest absolute Gasteiger partial charge is 0.497 e. The van der Waals surface area contributed by atoms with Crippen molar-refractivity contribution in [2.24, 2.45) is 0 Å². The van der Waals surface area contributed by atoms with Crippen molar-refractivity contribution in [2.75, 3.05) is 25.7 Å². The fourth-order valence-corrected chi connectivity index (χ4v) is 5.03. The third kappa shape index (κ3) is 3.19. The molecule has 6 nitrogen and oxygen atoms in total. The zero-order valence-electron chi connectivity index (χ0n) is 20.1. The Morgan fingerprint density at radius 1 is 0.528 bits per heavy atom. The lowest BCUT2D eigenvalue weighted by Crippen LogP contribution is -2.05. The van der Waals surface area contributed by atoms with Crippen LogP contribution in [-0.4, -0.2) is 23.4 Å². The van der Waals surface area contributed by atoms with E-state index in [2.05, 4.69) is 21.3 Å². The average Bonchev–Trinajstić information content (AvgIpc) is 3.39. The highest BCUT2D eigenvalue weighted by atomic mass is 16.5. The predicted molar refractivity (Wildman–Crippen MR) is 147 cm³/mol. The van der Waals surface area contributed by atoms with E-state index < -0.39 is 0 Å². The summed E-state index contributed by atoms with van der Waals surface area (Å²) in [7, 11) is 3.33. The molecule has 4 aromatic carbocycles. The summed E-state index contributed by atoms with van der Waals surface area (Å²) in [5.41, 5.74) is 20.6. The van der Waals surface area contributed by atoms with Crippen LogP contribution in [0.4, 0.5) is 11.4 Å². The second kappa shape index (κ2) is 8.43. The van der Waals surface area contributed by atoms with E-state index in [1.807, 2.05) is 84.9 Å². The number of benzene rings is 4. The van der Waals surface area contributed by atoms with E-state index in [0.717, 1.165) is 56.1 Å². The Bertz CT molecular complexity index is 1620. The molecule has 178 valence electrons. The van der Waals surface area contributed by atoms with Gasteiger partial charge in [0.1, 0.15) is 11.5 Å². The molecule has 0 saturated carbocycles. The van der Waals surface area contributed by atoms with Gasteiger partial charge in [0.25, 0.3) is 0 Å². The number of nitrogens with two attached hydrogens (primary N) is 2. The van der Waals surface area contributed by atoms with Gasteiger partial charge in [0.15, 0.2) is 0 Å². The number of ether oxygens (including phenoxy) is 2. The van der Waals surface area contributed by atoms with E-state index in [9.17, 15) is 0 Å². The molecular weight excluding hydrogens is 448 g/mol. The maximum absolute atomic E-state index is 6.93. The molecule has 36 heavy (non-hydrogen) atoms. The number of hydrogen-bond acceptors (Lipinski definition) is 4. The van der Waals surface area contributed by atoms with Crippen LogP contribution < -0.4 is 20.9 Å². The topological polar surface area (TPSA) is 80.4 Å². The van der Waals surface area contributed by atoms with Crippen LogP contribution in [0.1, 0.15) is 0 Å². The van der Waals surface area contributed by atoms with Crippen molar-refractivity contribution in [3.63, 3.8) is 0 Å². The van der Waals surface area contributed by atoms with Gasteiger partial charge in [0.05, 0.1) is 48.0 Å². The number of nitrogen functional groups attached to an aromatic ring is 2. The first kappa shape index (κ1) is 21.7. The van der Waals surface area contributed by atoms with Crippen LogP contribution in [0.3, 0.4) is 0 Å². The van der Waals surface area contributed by atoms with E-state index >= 15 is 0 Å². The minimum atomic E-state index is 0.659. The maximum atomic E-state index is 6.93. The number of hydrogen-bond donors (Lipinski definition) is 2. The molecule has 0 fully saturated rings. The number of methoxy groups -OCH3 is 2. The molecule has 6 heteroatoms. The Morgan fingerprint density at radius 2 is 0.944 bits per heavy atom. The van der Waals surface area contributed by atoms with E-state index in [1.165, 1.54) is 0 Å². The van der Waals surface area contributed by atoms with Crippen molar-refractivity contribution >= 4 is 33.2 Å². The summed E-state index contributed by atoms with van der Waals surface area (Å²) in [5.74, 6) is 1.52. The second-order valence-corrected chi connectivity index (χ2v) is 8.63. The third-order valence-electron chi connectivity index (χ3n) is 6.68. The van der Waals surface area contributed by atoms with Crippen LogP contribution in [0.25, 0.3) is 44.6 Å². The summed E-state index contributed by atoms with van der Waals surface area (Å²) in [4.78, 5) is 0. The van der Waals surface area contributed by atoms with Gasteiger partial charge < -0.3 is 30.1 Å². The lowest BCUT2D eigenvalue weighted by Gasteiger charge is -2.17. The van der Waals surface area contributed by atoms with Crippen LogP contribution in [0, 0.1) is 0 Å². The predicted octanol–water partition coefficient (Wildman–Crippen LogP) is 6.42. The molecule has 0 radical (unpaired) electrons. The van der Waals surface area contributed by atoms with Gasteiger partial charge in [-0.3, -0.25) is 0 Å². The Morgan fingerprint density at radius 3 is 1.36 bits per heavy atom. The summed E-state index contributed by atoms with van der Waals surface area (Å²) in [6.07, 6.45) is 0. The summed E-state index contributed by atoms with van der Waals surface area (Å²) in [5, 5.41) is 1.91. The first-order valence-electron chi connectivity index (χ1n) is 11.7. The van der Waals surface area contributed by atoms with Crippen molar-refractivity contribution in [1.29, 1.82) is 0 Å². The molecule has 0 aliphatic rings. The van der Waals surface area contributed by atoms with Gasteiger partial charge in [-0.2, -0.15) is 0 Å². The van der Waals surface area contributed by atoms with Crippen LogP contribution in [-0.2, 0) is 0 Å². The van der Waals surface area contributed by atoms with Crippen LogP contribution in [0.15, 0.2) is 97.1 Å². The quantitative estimate of drug-likeness (QED) is 0.302. The molecule has 0 amide bonds. The molecule has 4 N–H and O–H groups in total. The van der Waals surface area contributed by atoms with Gasteiger partial charge in [0.2, 0.25) is 0 Å². The number of anilines is 2. The van der Waals surface area contributed by atoms with Gasteiger partial charge in [-0.05, 0) is 36.4 Å². The number of rotatable bonds is 5. The number of aromatic nitrogens is 2. The third-order valence-corrected chi connectivity index (χ3v) is 6.68. The van der Waals surface area contributed by atoms with Crippen molar-refractivity contribution < 1.29 is 9.47 Å². The minimum Gasteiger partial charge on any atom is -0.497 e. The normalized spacial score (nSPS) is 11.3. The summed E-state index contributed by atoms with van der Waals surface area (Å²) in [6.45, 7) is 0. The van der Waals surface area contributed by atoms with Gasteiger partial charge in [-0.25, -0.2) is 0 Å². The summed E-state index contributed by atoms with van der Waals surface area (Å²) >= 11 is 0. The van der Waals surface area contributed by atoms with Gasteiger partial charge >= 0.3 is 0 Å². The molecule has 0 bridgehead atoms. The fraction of sp³-hybridized carbons (Fsp3) is 0.0667. The van der Waals surface area contributed by atoms with Crippen molar-refractivity contribution in [1.82, 2.24) is 9.13 Å². The highest BCUT2D eigenvalue weighted by molar-refractivity contribution is 6.09. The molecule has 2 heterocycles. The molecule has 6 rings (SSSR count). The van der Waals surface area contributed by atoms with E-state index in [1.54, 1.807) is 14.2 Å². The SMILES string of the molecule is COc1cccc(-n2c(-c3c(N)c4ccccc4n3-c3cccc(OC)c3)c(N)c3ccccc32)c1.